The number of aliphatic hydroxyl groups excluding tert-OH is 1. The molecule has 0 radical (unpaired) electrons. The van der Waals surface area contributed by atoms with Crippen LogP contribution in [0.2, 0.25) is 0 Å². The number of unbranched alkanes of at least 4 members (excludes halogenated alkanes) is 1. The van der Waals surface area contributed by atoms with Crippen molar-refractivity contribution in [2.75, 3.05) is 18.5 Å². The first kappa shape index (κ1) is 26.0. The Morgan fingerprint density at radius 3 is 1.97 bits per heavy atom. The van der Waals surface area contributed by atoms with E-state index in [9.17, 15) is 14.7 Å². The number of carbonyl (C=O) groups excluding carboxylic acids is 2. The van der Waals surface area contributed by atoms with Crippen molar-refractivity contribution >= 4 is 17.7 Å². The fourth-order valence-corrected chi connectivity index (χ4v) is 2.65. The predicted octanol–water partition coefficient (Wildman–Crippen LogP) is 4.87. The Bertz CT molecular complexity index is 906. The van der Waals surface area contributed by atoms with Gasteiger partial charge in [0.05, 0.1) is 13.2 Å². The Balaban J connectivity index is 1.94. The van der Waals surface area contributed by atoms with Gasteiger partial charge in [-0.2, -0.15) is 0 Å². The zero-order valence-electron chi connectivity index (χ0n) is 19.9. The molecule has 0 aliphatic rings. The average Bonchev–Trinajstić information content (AvgIpc) is 2.75. The maximum absolute atomic E-state index is 12.7. The summed E-state index contributed by atoms with van der Waals surface area (Å²) in [6, 6.07) is 14.1. The molecule has 1 unspecified atom stereocenters. The van der Waals surface area contributed by atoms with Gasteiger partial charge in [-0.3, -0.25) is 4.79 Å². The molecular weight excluding hydrogens is 424 g/mol. The lowest BCUT2D eigenvalue weighted by Gasteiger charge is -2.29. The highest BCUT2D eigenvalue weighted by atomic mass is 16.6. The number of amides is 2. The van der Waals surface area contributed by atoms with Crippen LogP contribution in [0, 0.1) is 0 Å². The minimum atomic E-state index is -1.56. The van der Waals surface area contributed by atoms with Gasteiger partial charge in [0.1, 0.15) is 28.4 Å². The maximum atomic E-state index is 12.7. The molecule has 180 valence electrons. The number of hydrogen-bond acceptors (Lipinski definition) is 6. The summed E-state index contributed by atoms with van der Waals surface area (Å²) in [7, 11) is 0. The van der Waals surface area contributed by atoms with Crippen molar-refractivity contribution in [1.29, 1.82) is 0 Å². The Kier molecular flexibility index (Phi) is 9.11. The number of alkyl carbamates (subject to hydrolysis) is 1. The molecule has 0 saturated heterocycles. The molecule has 2 aromatic carbocycles. The van der Waals surface area contributed by atoms with Crippen LogP contribution in [0.15, 0.2) is 48.5 Å². The smallest absolute Gasteiger partial charge is 0.408 e. The van der Waals surface area contributed by atoms with E-state index in [4.69, 9.17) is 14.2 Å². The van der Waals surface area contributed by atoms with E-state index < -0.39 is 29.7 Å². The molecule has 1 atom stereocenters. The normalized spacial score (nSPS) is 12.9. The number of benzene rings is 2. The van der Waals surface area contributed by atoms with Crippen LogP contribution in [0.25, 0.3) is 0 Å². The summed E-state index contributed by atoms with van der Waals surface area (Å²) in [6.45, 7) is 8.75. The van der Waals surface area contributed by atoms with Gasteiger partial charge in [-0.05, 0) is 82.6 Å². The second-order valence-electron chi connectivity index (χ2n) is 8.87. The standard InChI is InChI=1S/C25H34N2O6/c1-6-7-16-31-19-12-14-21(15-13-19)32-20-10-8-18(9-11-20)26-22(29)25(5,17-28)27-23(30)33-24(2,3)4/h8-15,28H,6-7,16-17H2,1-5H3,(H,26,29)(H,27,30). The lowest BCUT2D eigenvalue weighted by atomic mass is 10.0. The summed E-state index contributed by atoms with van der Waals surface area (Å²) in [4.78, 5) is 24.7. The summed E-state index contributed by atoms with van der Waals surface area (Å²) in [6.07, 6.45) is 1.30. The molecule has 2 aromatic rings. The molecule has 0 spiro atoms. The molecule has 0 saturated carbocycles. The minimum Gasteiger partial charge on any atom is -0.494 e. The van der Waals surface area contributed by atoms with Crippen LogP contribution in [-0.4, -0.2) is 41.5 Å². The summed E-state index contributed by atoms with van der Waals surface area (Å²) in [5.74, 6) is 1.46. The van der Waals surface area contributed by atoms with Crippen molar-refractivity contribution in [3.05, 3.63) is 48.5 Å². The fourth-order valence-electron chi connectivity index (χ4n) is 2.65. The van der Waals surface area contributed by atoms with Gasteiger partial charge in [0.2, 0.25) is 0 Å². The molecule has 33 heavy (non-hydrogen) atoms. The van der Waals surface area contributed by atoms with Gasteiger partial charge in [-0.15, -0.1) is 0 Å². The van der Waals surface area contributed by atoms with E-state index in [0.29, 0.717) is 23.8 Å². The number of ether oxygens (including phenoxy) is 3. The molecule has 2 amide bonds. The van der Waals surface area contributed by atoms with E-state index in [1.54, 1.807) is 45.0 Å². The van der Waals surface area contributed by atoms with Gasteiger partial charge in [-0.1, -0.05) is 13.3 Å². The van der Waals surface area contributed by atoms with Gasteiger partial charge in [0.15, 0.2) is 0 Å². The van der Waals surface area contributed by atoms with E-state index >= 15 is 0 Å². The Morgan fingerprint density at radius 2 is 1.45 bits per heavy atom. The monoisotopic (exact) mass is 458 g/mol. The molecule has 0 heterocycles. The van der Waals surface area contributed by atoms with Gasteiger partial charge >= 0.3 is 6.09 Å². The van der Waals surface area contributed by atoms with Gasteiger partial charge in [0, 0.05) is 5.69 Å². The van der Waals surface area contributed by atoms with Gasteiger partial charge < -0.3 is 30.0 Å². The van der Waals surface area contributed by atoms with E-state index in [0.717, 1.165) is 18.6 Å². The second kappa shape index (κ2) is 11.6. The van der Waals surface area contributed by atoms with Crippen molar-refractivity contribution in [3.63, 3.8) is 0 Å². The van der Waals surface area contributed by atoms with E-state index in [-0.39, 0.29) is 0 Å². The first-order valence-electron chi connectivity index (χ1n) is 11.0. The van der Waals surface area contributed by atoms with Gasteiger partial charge in [-0.25, -0.2) is 4.79 Å². The lowest BCUT2D eigenvalue weighted by molar-refractivity contribution is -0.123. The summed E-state index contributed by atoms with van der Waals surface area (Å²) in [5.41, 5.74) is -1.80. The number of hydrogen-bond donors (Lipinski definition) is 3. The molecular formula is C25H34N2O6. The largest absolute Gasteiger partial charge is 0.494 e. The SMILES string of the molecule is CCCCOc1ccc(Oc2ccc(NC(=O)C(C)(CO)NC(=O)OC(C)(C)C)cc2)cc1. The minimum absolute atomic E-state index is 0.484. The van der Waals surface area contributed by atoms with Crippen molar-refractivity contribution in [1.82, 2.24) is 5.32 Å². The summed E-state index contributed by atoms with van der Waals surface area (Å²) in [5, 5.41) is 14.8. The Hall–Kier alpha value is -3.26. The maximum Gasteiger partial charge on any atom is 0.408 e. The third kappa shape index (κ3) is 8.65. The van der Waals surface area contributed by atoms with Crippen LogP contribution in [0.5, 0.6) is 17.2 Å². The number of nitrogens with one attached hydrogen (secondary N) is 2. The Morgan fingerprint density at radius 1 is 0.909 bits per heavy atom. The van der Waals surface area contributed by atoms with Crippen LogP contribution in [-0.2, 0) is 9.53 Å². The Labute approximate surface area is 195 Å². The van der Waals surface area contributed by atoms with E-state index in [2.05, 4.69) is 17.6 Å². The first-order chi connectivity index (χ1) is 15.5. The molecule has 0 bridgehead atoms. The van der Waals surface area contributed by atoms with Crippen LogP contribution >= 0.6 is 0 Å². The van der Waals surface area contributed by atoms with E-state index in [1.165, 1.54) is 6.92 Å². The molecule has 8 heteroatoms. The number of carbonyl (C=O) groups is 2. The number of rotatable bonds is 10. The van der Waals surface area contributed by atoms with Crippen molar-refractivity contribution in [2.45, 2.75) is 58.6 Å². The highest BCUT2D eigenvalue weighted by molar-refractivity contribution is 5.99. The van der Waals surface area contributed by atoms with Crippen molar-refractivity contribution in [3.8, 4) is 17.2 Å². The molecule has 0 aliphatic carbocycles. The second-order valence-corrected chi connectivity index (χ2v) is 8.87. The quantitative estimate of drug-likeness (QED) is 0.439. The van der Waals surface area contributed by atoms with Crippen LogP contribution in [0.4, 0.5) is 10.5 Å². The average molecular weight is 459 g/mol. The highest BCUT2D eigenvalue weighted by Crippen LogP contribution is 2.25. The molecule has 3 N–H and O–H groups in total. The fraction of sp³-hybridized carbons (Fsp3) is 0.440. The molecule has 0 aliphatic heterocycles. The number of anilines is 1. The summed E-state index contributed by atoms with van der Waals surface area (Å²) >= 11 is 0. The topological polar surface area (TPSA) is 106 Å². The third-order valence-electron chi connectivity index (χ3n) is 4.53. The predicted molar refractivity (Wildman–Crippen MR) is 127 cm³/mol. The molecule has 0 aromatic heterocycles. The molecule has 2 rings (SSSR count). The van der Waals surface area contributed by atoms with Crippen LogP contribution in [0.3, 0.4) is 0 Å². The number of aliphatic hydroxyl groups is 1. The first-order valence-corrected chi connectivity index (χ1v) is 11.0. The third-order valence-corrected chi connectivity index (χ3v) is 4.53. The van der Waals surface area contributed by atoms with Crippen LogP contribution in [0.1, 0.15) is 47.5 Å². The molecule has 8 nitrogen and oxygen atoms in total. The summed E-state index contributed by atoms with van der Waals surface area (Å²) < 4.78 is 16.6. The van der Waals surface area contributed by atoms with Gasteiger partial charge in [0.25, 0.3) is 5.91 Å². The van der Waals surface area contributed by atoms with Crippen molar-refractivity contribution in [2.24, 2.45) is 0 Å². The zero-order valence-corrected chi connectivity index (χ0v) is 19.9. The van der Waals surface area contributed by atoms with Crippen LogP contribution < -0.4 is 20.1 Å². The van der Waals surface area contributed by atoms with Crippen molar-refractivity contribution < 1.29 is 28.9 Å². The highest BCUT2D eigenvalue weighted by Gasteiger charge is 2.36. The zero-order chi connectivity index (χ0) is 24.5. The molecule has 0 fully saturated rings. The van der Waals surface area contributed by atoms with E-state index in [1.807, 2.05) is 24.3 Å². The lowest BCUT2D eigenvalue weighted by Crippen LogP contribution is -2.58.